The summed E-state index contributed by atoms with van der Waals surface area (Å²) in [6.45, 7) is 2.32. The minimum absolute atomic E-state index is 0.0246. The SMILES string of the molecule is Cc1cc(=O)c(C(=O)Nc2cccc(S(=O)(=O)NC3=NCCC3)c2)nn1-c1ccccc1. The third-order valence-electron chi connectivity index (χ3n) is 4.85. The van der Waals surface area contributed by atoms with Crippen molar-refractivity contribution in [2.75, 3.05) is 11.9 Å². The van der Waals surface area contributed by atoms with Gasteiger partial charge in [-0.25, -0.2) is 13.1 Å². The molecule has 2 heterocycles. The first-order valence-electron chi connectivity index (χ1n) is 9.97. The smallest absolute Gasteiger partial charge is 0.280 e. The fraction of sp³-hybridized carbons (Fsp3) is 0.182. The van der Waals surface area contributed by atoms with Crippen LogP contribution in [0.1, 0.15) is 29.0 Å². The number of nitrogens with one attached hydrogen (secondary N) is 2. The van der Waals surface area contributed by atoms with E-state index >= 15 is 0 Å². The van der Waals surface area contributed by atoms with Crippen LogP contribution in [0.5, 0.6) is 0 Å². The van der Waals surface area contributed by atoms with E-state index in [2.05, 4.69) is 20.1 Å². The van der Waals surface area contributed by atoms with Gasteiger partial charge in [-0.2, -0.15) is 5.10 Å². The molecular weight excluding hydrogens is 430 g/mol. The van der Waals surface area contributed by atoms with Gasteiger partial charge >= 0.3 is 0 Å². The number of aromatic nitrogens is 2. The lowest BCUT2D eigenvalue weighted by atomic mass is 10.2. The second kappa shape index (κ2) is 8.75. The Bertz CT molecular complexity index is 1360. The van der Waals surface area contributed by atoms with Gasteiger partial charge in [-0.1, -0.05) is 24.3 Å². The molecule has 0 radical (unpaired) electrons. The molecule has 9 nitrogen and oxygen atoms in total. The van der Waals surface area contributed by atoms with Gasteiger partial charge < -0.3 is 5.32 Å². The van der Waals surface area contributed by atoms with Crippen molar-refractivity contribution < 1.29 is 13.2 Å². The molecule has 1 aliphatic rings. The molecule has 4 rings (SSSR count). The van der Waals surface area contributed by atoms with Crippen molar-refractivity contribution in [3.8, 4) is 5.69 Å². The highest BCUT2D eigenvalue weighted by Gasteiger charge is 2.20. The second-order valence-corrected chi connectivity index (χ2v) is 8.95. The molecule has 32 heavy (non-hydrogen) atoms. The van der Waals surface area contributed by atoms with E-state index in [1.807, 2.05) is 30.3 Å². The number of nitrogens with zero attached hydrogens (tertiary/aromatic N) is 3. The molecule has 2 aromatic carbocycles. The lowest BCUT2D eigenvalue weighted by molar-refractivity contribution is 0.101. The molecule has 0 atom stereocenters. The van der Waals surface area contributed by atoms with E-state index < -0.39 is 21.4 Å². The number of hydrogen-bond acceptors (Lipinski definition) is 6. The molecule has 0 unspecified atom stereocenters. The number of rotatable bonds is 5. The van der Waals surface area contributed by atoms with Crippen molar-refractivity contribution in [2.24, 2.45) is 4.99 Å². The minimum atomic E-state index is -3.84. The molecule has 0 bridgehead atoms. The number of para-hydroxylation sites is 1. The Balaban J connectivity index is 1.60. The van der Waals surface area contributed by atoms with E-state index in [0.29, 0.717) is 30.2 Å². The third-order valence-corrected chi connectivity index (χ3v) is 6.23. The van der Waals surface area contributed by atoms with Crippen LogP contribution in [0.3, 0.4) is 0 Å². The van der Waals surface area contributed by atoms with Crippen molar-refractivity contribution in [1.29, 1.82) is 0 Å². The van der Waals surface area contributed by atoms with Crippen molar-refractivity contribution in [1.82, 2.24) is 14.5 Å². The summed E-state index contributed by atoms with van der Waals surface area (Å²) in [6.07, 6.45) is 1.38. The van der Waals surface area contributed by atoms with Crippen LogP contribution in [0.4, 0.5) is 5.69 Å². The zero-order chi connectivity index (χ0) is 22.7. The van der Waals surface area contributed by atoms with Crippen LogP contribution in [0, 0.1) is 6.92 Å². The van der Waals surface area contributed by atoms with E-state index in [9.17, 15) is 18.0 Å². The van der Waals surface area contributed by atoms with Crippen molar-refractivity contribution >= 4 is 27.5 Å². The summed E-state index contributed by atoms with van der Waals surface area (Å²) in [5.74, 6) is -0.313. The molecule has 0 aliphatic carbocycles. The summed E-state index contributed by atoms with van der Waals surface area (Å²) in [5.41, 5.74) is 0.669. The molecule has 1 aliphatic heterocycles. The van der Waals surface area contributed by atoms with Crippen LogP contribution in [0.2, 0.25) is 0 Å². The highest BCUT2D eigenvalue weighted by Crippen LogP contribution is 2.17. The molecule has 10 heteroatoms. The van der Waals surface area contributed by atoms with Crippen LogP contribution >= 0.6 is 0 Å². The maximum atomic E-state index is 12.8. The topological polar surface area (TPSA) is 123 Å². The average Bonchev–Trinajstić information content (AvgIpc) is 3.27. The quantitative estimate of drug-likeness (QED) is 0.616. The monoisotopic (exact) mass is 451 g/mol. The summed E-state index contributed by atoms with van der Waals surface area (Å²) in [5, 5.41) is 6.79. The van der Waals surface area contributed by atoms with Gasteiger partial charge in [-0.05, 0) is 43.7 Å². The minimum Gasteiger partial charge on any atom is -0.320 e. The molecule has 3 aromatic rings. The van der Waals surface area contributed by atoms with Gasteiger partial charge in [-0.15, -0.1) is 0 Å². The summed E-state index contributed by atoms with van der Waals surface area (Å²) in [7, 11) is -3.84. The number of anilines is 1. The molecule has 1 amide bonds. The van der Waals surface area contributed by atoms with Gasteiger partial charge in [0.15, 0.2) is 5.69 Å². The van der Waals surface area contributed by atoms with Crippen molar-refractivity contribution in [3.05, 3.63) is 82.3 Å². The Hall–Kier alpha value is -3.79. The van der Waals surface area contributed by atoms with Crippen molar-refractivity contribution in [3.63, 3.8) is 0 Å². The Labute approximate surface area is 184 Å². The Kier molecular flexibility index (Phi) is 5.87. The average molecular weight is 452 g/mol. The fourth-order valence-corrected chi connectivity index (χ4v) is 4.44. The van der Waals surface area contributed by atoms with E-state index in [4.69, 9.17) is 0 Å². The zero-order valence-corrected chi connectivity index (χ0v) is 18.1. The Morgan fingerprint density at radius 3 is 2.56 bits per heavy atom. The lowest BCUT2D eigenvalue weighted by Crippen LogP contribution is -2.29. The molecule has 0 fully saturated rings. The van der Waals surface area contributed by atoms with E-state index in [1.165, 1.54) is 35.0 Å². The molecule has 0 spiro atoms. The summed E-state index contributed by atoms with van der Waals surface area (Å²) < 4.78 is 29.2. The fourth-order valence-electron chi connectivity index (χ4n) is 3.30. The number of amides is 1. The van der Waals surface area contributed by atoms with Gasteiger partial charge in [-0.3, -0.25) is 19.3 Å². The zero-order valence-electron chi connectivity index (χ0n) is 17.3. The van der Waals surface area contributed by atoms with Gasteiger partial charge in [0.05, 0.1) is 10.6 Å². The summed E-state index contributed by atoms with van der Waals surface area (Å²) in [6, 6.07) is 16.2. The largest absolute Gasteiger partial charge is 0.320 e. The Morgan fingerprint density at radius 2 is 1.84 bits per heavy atom. The maximum Gasteiger partial charge on any atom is 0.280 e. The van der Waals surface area contributed by atoms with Crippen LogP contribution in [0.25, 0.3) is 5.69 Å². The molecule has 164 valence electrons. The van der Waals surface area contributed by atoms with Crippen LogP contribution in [-0.4, -0.2) is 36.5 Å². The number of benzene rings is 2. The molecule has 1 aromatic heterocycles. The van der Waals surface area contributed by atoms with E-state index in [-0.39, 0.29) is 16.3 Å². The van der Waals surface area contributed by atoms with Crippen molar-refractivity contribution in [2.45, 2.75) is 24.7 Å². The molecule has 0 saturated carbocycles. The number of sulfonamides is 1. The first-order chi connectivity index (χ1) is 15.3. The molecule has 2 N–H and O–H groups in total. The van der Waals surface area contributed by atoms with Crippen LogP contribution < -0.4 is 15.5 Å². The standard InChI is InChI=1S/C22H21N5O4S/c1-15-13-19(28)21(25-27(15)17-8-3-2-4-9-17)22(29)24-16-7-5-10-18(14-16)32(30,31)26-20-11-6-12-23-20/h2-5,7-10,13-14H,6,11-12H2,1H3,(H,23,26)(H,24,29). The van der Waals surface area contributed by atoms with Crippen LogP contribution in [-0.2, 0) is 10.0 Å². The lowest BCUT2D eigenvalue weighted by Gasteiger charge is -2.12. The predicted octanol–water partition coefficient (Wildman–Crippen LogP) is 2.26. The Morgan fingerprint density at radius 1 is 1.06 bits per heavy atom. The van der Waals surface area contributed by atoms with E-state index in [1.54, 1.807) is 6.92 Å². The predicted molar refractivity (Wildman–Crippen MR) is 121 cm³/mol. The van der Waals surface area contributed by atoms with E-state index in [0.717, 1.165) is 6.42 Å². The second-order valence-electron chi connectivity index (χ2n) is 7.27. The first-order valence-corrected chi connectivity index (χ1v) is 11.5. The number of hydrogen-bond donors (Lipinski definition) is 2. The number of aliphatic imine (C=N–C) groups is 1. The maximum absolute atomic E-state index is 12.8. The van der Waals surface area contributed by atoms with Gasteiger partial charge in [0, 0.05) is 30.4 Å². The number of aryl methyl sites for hydroxylation is 1. The van der Waals surface area contributed by atoms with Gasteiger partial charge in [0.2, 0.25) is 5.43 Å². The van der Waals surface area contributed by atoms with Crippen LogP contribution in [0.15, 0.2) is 75.3 Å². The highest BCUT2D eigenvalue weighted by atomic mass is 32.2. The third kappa shape index (κ3) is 4.59. The number of carbonyl (C=O) groups is 1. The normalized spacial score (nSPS) is 13.5. The molecule has 0 saturated heterocycles. The van der Waals surface area contributed by atoms with Gasteiger partial charge in [0.1, 0.15) is 5.84 Å². The van der Waals surface area contributed by atoms with Gasteiger partial charge in [0.25, 0.3) is 15.9 Å². The highest BCUT2D eigenvalue weighted by molar-refractivity contribution is 7.90. The number of amidine groups is 1. The summed E-state index contributed by atoms with van der Waals surface area (Å²) in [4.78, 5) is 29.3. The summed E-state index contributed by atoms with van der Waals surface area (Å²) >= 11 is 0. The molecular formula is C22H21N5O4S. The number of carbonyl (C=O) groups excluding carboxylic acids is 1. The first kappa shape index (κ1) is 21.4.